The molecule has 6 nitrogen and oxygen atoms in total. The highest BCUT2D eigenvalue weighted by molar-refractivity contribution is 5.95. The molecule has 0 bridgehead atoms. The molecule has 0 saturated heterocycles. The van der Waals surface area contributed by atoms with Crippen molar-refractivity contribution in [1.82, 2.24) is 10.3 Å². The summed E-state index contributed by atoms with van der Waals surface area (Å²) in [6.07, 6.45) is 3.72. The zero-order chi connectivity index (χ0) is 20.1. The molecule has 0 radical (unpaired) electrons. The van der Waals surface area contributed by atoms with E-state index < -0.39 is 0 Å². The van der Waals surface area contributed by atoms with E-state index >= 15 is 0 Å². The fraction of sp³-hybridized carbons (Fsp3) is 0.545. The zero-order valence-corrected chi connectivity index (χ0v) is 17.0. The molecule has 1 aromatic heterocycles. The number of fused-ring (bicyclic) bond motifs is 1. The molecule has 1 aliphatic carbocycles. The zero-order valence-electron chi connectivity index (χ0n) is 17.0. The number of nitrogen functional groups attached to an aromatic ring is 1. The summed E-state index contributed by atoms with van der Waals surface area (Å²) >= 11 is 0. The largest absolute Gasteiger partial charge is 0.490 e. The number of anilines is 1. The average molecular weight is 386 g/mol. The number of nitrogens with two attached hydrogens (primary N) is 1. The standard InChI is InChI=1S/C22H31N3O3/c1-14(2)12-27-13-21(26)25-16-7-9-17(10-8-16)28-20-6-4-5-19-22(20)18(23)11-15(3)24-19/h4-6,11,14,16-17H,7-10,12-13H2,1-3H3,(H2,23,24)(H,25,26). The second-order valence-corrected chi connectivity index (χ2v) is 8.07. The van der Waals surface area contributed by atoms with E-state index in [2.05, 4.69) is 24.1 Å². The van der Waals surface area contributed by atoms with E-state index in [1.54, 1.807) is 0 Å². The van der Waals surface area contributed by atoms with Crippen LogP contribution >= 0.6 is 0 Å². The van der Waals surface area contributed by atoms with Crippen LogP contribution in [-0.2, 0) is 9.53 Å². The van der Waals surface area contributed by atoms with Crippen LogP contribution in [0.4, 0.5) is 5.69 Å². The first-order valence-electron chi connectivity index (χ1n) is 10.1. The van der Waals surface area contributed by atoms with Gasteiger partial charge in [-0.15, -0.1) is 0 Å². The van der Waals surface area contributed by atoms with E-state index in [0.717, 1.165) is 48.0 Å². The molecule has 1 saturated carbocycles. The molecule has 1 aromatic carbocycles. The number of ether oxygens (including phenoxy) is 2. The first-order valence-corrected chi connectivity index (χ1v) is 10.1. The van der Waals surface area contributed by atoms with Crippen molar-refractivity contribution in [3.05, 3.63) is 30.0 Å². The SMILES string of the molecule is Cc1cc(N)c2c(OC3CCC(NC(=O)COCC(C)C)CC3)cccc2n1. The molecule has 1 amide bonds. The monoisotopic (exact) mass is 385 g/mol. The Balaban J connectivity index is 1.52. The van der Waals surface area contributed by atoms with Crippen molar-refractivity contribution in [2.45, 2.75) is 58.6 Å². The molecule has 3 rings (SSSR count). The van der Waals surface area contributed by atoms with Crippen molar-refractivity contribution in [3.8, 4) is 5.75 Å². The highest BCUT2D eigenvalue weighted by Gasteiger charge is 2.24. The maximum absolute atomic E-state index is 12.0. The molecular formula is C22H31N3O3. The lowest BCUT2D eigenvalue weighted by molar-refractivity contribution is -0.127. The summed E-state index contributed by atoms with van der Waals surface area (Å²) in [4.78, 5) is 16.5. The number of aromatic nitrogens is 1. The van der Waals surface area contributed by atoms with Gasteiger partial charge < -0.3 is 20.5 Å². The predicted molar refractivity (Wildman–Crippen MR) is 111 cm³/mol. The lowest BCUT2D eigenvalue weighted by Gasteiger charge is -2.30. The van der Waals surface area contributed by atoms with Gasteiger partial charge in [0.1, 0.15) is 12.4 Å². The summed E-state index contributed by atoms with van der Waals surface area (Å²) in [5, 5.41) is 3.95. The quantitative estimate of drug-likeness (QED) is 0.760. The molecule has 1 fully saturated rings. The van der Waals surface area contributed by atoms with Gasteiger partial charge in [0.05, 0.1) is 17.0 Å². The molecule has 1 heterocycles. The molecule has 0 spiro atoms. The Morgan fingerprint density at radius 2 is 2.04 bits per heavy atom. The van der Waals surface area contributed by atoms with Crippen molar-refractivity contribution in [1.29, 1.82) is 0 Å². The Bertz CT molecular complexity index is 814. The third-order valence-electron chi connectivity index (χ3n) is 4.97. The number of benzene rings is 1. The highest BCUT2D eigenvalue weighted by atomic mass is 16.5. The van der Waals surface area contributed by atoms with E-state index in [1.807, 2.05) is 31.2 Å². The molecular weight excluding hydrogens is 354 g/mol. The van der Waals surface area contributed by atoms with Gasteiger partial charge in [-0.25, -0.2) is 0 Å². The number of carbonyl (C=O) groups excluding carboxylic acids is 1. The van der Waals surface area contributed by atoms with E-state index in [9.17, 15) is 4.79 Å². The number of amides is 1. The maximum atomic E-state index is 12.0. The average Bonchev–Trinajstić information content (AvgIpc) is 2.62. The van der Waals surface area contributed by atoms with Crippen LogP contribution < -0.4 is 15.8 Å². The van der Waals surface area contributed by atoms with Crippen LogP contribution in [0.2, 0.25) is 0 Å². The van der Waals surface area contributed by atoms with Gasteiger partial charge in [0.2, 0.25) is 5.91 Å². The Morgan fingerprint density at radius 3 is 2.75 bits per heavy atom. The van der Waals surface area contributed by atoms with Crippen molar-refractivity contribution < 1.29 is 14.3 Å². The van der Waals surface area contributed by atoms with Gasteiger partial charge in [0, 0.05) is 24.0 Å². The van der Waals surface area contributed by atoms with E-state index in [0.29, 0.717) is 18.2 Å². The van der Waals surface area contributed by atoms with Gasteiger partial charge in [-0.3, -0.25) is 9.78 Å². The molecule has 152 valence electrons. The van der Waals surface area contributed by atoms with Crippen LogP contribution in [0.15, 0.2) is 24.3 Å². The first kappa shape index (κ1) is 20.4. The summed E-state index contributed by atoms with van der Waals surface area (Å²) in [6.45, 7) is 6.82. The molecule has 0 unspecified atom stereocenters. The van der Waals surface area contributed by atoms with E-state index in [1.165, 1.54) is 0 Å². The number of hydrogen-bond acceptors (Lipinski definition) is 5. The van der Waals surface area contributed by atoms with Gasteiger partial charge in [0.25, 0.3) is 0 Å². The molecule has 3 N–H and O–H groups in total. The fourth-order valence-electron chi connectivity index (χ4n) is 3.68. The Labute approximate surface area is 166 Å². The van der Waals surface area contributed by atoms with Crippen LogP contribution in [0.5, 0.6) is 5.75 Å². The number of nitrogens with one attached hydrogen (secondary N) is 1. The van der Waals surface area contributed by atoms with Crippen molar-refractivity contribution in [2.75, 3.05) is 18.9 Å². The summed E-state index contributed by atoms with van der Waals surface area (Å²) in [6, 6.07) is 7.93. The third-order valence-corrected chi connectivity index (χ3v) is 4.97. The number of hydrogen-bond donors (Lipinski definition) is 2. The second kappa shape index (κ2) is 9.24. The van der Waals surface area contributed by atoms with Gasteiger partial charge >= 0.3 is 0 Å². The van der Waals surface area contributed by atoms with Crippen molar-refractivity contribution in [3.63, 3.8) is 0 Å². The van der Waals surface area contributed by atoms with Crippen LogP contribution in [0, 0.1) is 12.8 Å². The molecule has 2 aromatic rings. The first-order chi connectivity index (χ1) is 13.4. The Kier molecular flexibility index (Phi) is 6.73. The minimum absolute atomic E-state index is 0.0340. The Hall–Kier alpha value is -2.34. The fourth-order valence-corrected chi connectivity index (χ4v) is 3.68. The summed E-state index contributed by atoms with van der Waals surface area (Å²) in [5.74, 6) is 1.19. The molecule has 6 heteroatoms. The van der Waals surface area contributed by atoms with Crippen molar-refractivity contribution >= 4 is 22.5 Å². The van der Waals surface area contributed by atoms with Crippen LogP contribution in [0.25, 0.3) is 10.9 Å². The van der Waals surface area contributed by atoms with Crippen LogP contribution in [-0.4, -0.2) is 36.3 Å². The predicted octanol–water partition coefficient (Wildman–Crippen LogP) is 3.60. The van der Waals surface area contributed by atoms with Gasteiger partial charge in [0.15, 0.2) is 0 Å². The number of nitrogens with zero attached hydrogens (tertiary/aromatic N) is 1. The molecule has 0 aliphatic heterocycles. The third kappa shape index (κ3) is 5.35. The number of rotatable bonds is 7. The molecule has 1 aliphatic rings. The van der Waals surface area contributed by atoms with Crippen LogP contribution in [0.1, 0.15) is 45.2 Å². The van der Waals surface area contributed by atoms with Crippen molar-refractivity contribution in [2.24, 2.45) is 5.92 Å². The normalized spacial score (nSPS) is 19.7. The van der Waals surface area contributed by atoms with Gasteiger partial charge in [-0.1, -0.05) is 19.9 Å². The maximum Gasteiger partial charge on any atom is 0.246 e. The smallest absolute Gasteiger partial charge is 0.246 e. The topological polar surface area (TPSA) is 86.5 Å². The second-order valence-electron chi connectivity index (χ2n) is 8.07. The number of pyridine rings is 1. The minimum atomic E-state index is -0.0340. The Morgan fingerprint density at radius 1 is 1.29 bits per heavy atom. The lowest BCUT2D eigenvalue weighted by Crippen LogP contribution is -2.41. The van der Waals surface area contributed by atoms with Crippen LogP contribution in [0.3, 0.4) is 0 Å². The van der Waals surface area contributed by atoms with Gasteiger partial charge in [-0.2, -0.15) is 0 Å². The molecule has 0 atom stereocenters. The summed E-state index contributed by atoms with van der Waals surface area (Å²) < 4.78 is 11.7. The number of carbonyl (C=O) groups is 1. The van der Waals surface area contributed by atoms with E-state index in [4.69, 9.17) is 15.2 Å². The summed E-state index contributed by atoms with van der Waals surface area (Å²) in [5.41, 5.74) is 8.67. The lowest BCUT2D eigenvalue weighted by atomic mass is 9.93. The number of aryl methyl sites for hydroxylation is 1. The molecule has 28 heavy (non-hydrogen) atoms. The summed E-state index contributed by atoms with van der Waals surface area (Å²) in [7, 11) is 0. The van der Waals surface area contributed by atoms with E-state index in [-0.39, 0.29) is 24.7 Å². The highest BCUT2D eigenvalue weighted by Crippen LogP contribution is 2.33. The van der Waals surface area contributed by atoms with Gasteiger partial charge in [-0.05, 0) is 56.7 Å². The minimum Gasteiger partial charge on any atom is -0.490 e.